The van der Waals surface area contributed by atoms with Crippen molar-refractivity contribution < 1.29 is 19.4 Å². The first kappa shape index (κ1) is 18.3. The summed E-state index contributed by atoms with van der Waals surface area (Å²) in [5.74, 6) is -0.110. The summed E-state index contributed by atoms with van der Waals surface area (Å²) >= 11 is 0. The molecule has 0 aliphatic heterocycles. The number of carbonyl (C=O) groups is 1. The number of hydrogen-bond donors (Lipinski definition) is 1. The number of non-ortho nitro benzene ring substituents is 1. The molecule has 0 atom stereocenters. The van der Waals surface area contributed by atoms with Crippen LogP contribution in [-0.4, -0.2) is 28.1 Å². The quantitative estimate of drug-likeness (QED) is 0.360. The van der Waals surface area contributed by atoms with Gasteiger partial charge in [0.1, 0.15) is 11.8 Å². The number of nitro groups is 2. The maximum Gasteiger partial charge on any atom is 0.302 e. The molecule has 25 heavy (non-hydrogen) atoms. The maximum atomic E-state index is 11.0. The Balaban J connectivity index is 1.95. The maximum absolute atomic E-state index is 11.0. The van der Waals surface area contributed by atoms with Crippen LogP contribution in [0.15, 0.2) is 23.3 Å². The molecule has 0 aromatic heterocycles. The van der Waals surface area contributed by atoms with E-state index in [2.05, 4.69) is 10.5 Å². The largest absolute Gasteiger partial charge is 0.463 e. The lowest BCUT2D eigenvalue weighted by Crippen LogP contribution is -2.24. The van der Waals surface area contributed by atoms with Crippen molar-refractivity contribution in [3.05, 3.63) is 38.4 Å². The Hall–Kier alpha value is -3.04. The zero-order valence-corrected chi connectivity index (χ0v) is 13.6. The topological polar surface area (TPSA) is 137 Å². The van der Waals surface area contributed by atoms with Crippen LogP contribution in [0.25, 0.3) is 0 Å². The molecule has 0 spiro atoms. The number of nitrogens with zero attached hydrogens (tertiary/aromatic N) is 3. The standard InChI is InChI=1S/C15H18N4O6/c1-10(20)25-13-5-2-11(3-6-13)9-16-17-14-7-4-12(18(21)22)8-15(14)19(23)24/h4,7-9,11,13,17H,2-3,5-6H2,1H3/b16-9+. The van der Waals surface area contributed by atoms with Gasteiger partial charge in [-0.25, -0.2) is 0 Å². The van der Waals surface area contributed by atoms with Crippen LogP contribution in [0.2, 0.25) is 0 Å². The van der Waals surface area contributed by atoms with Crippen LogP contribution in [-0.2, 0) is 9.53 Å². The highest BCUT2D eigenvalue weighted by atomic mass is 16.6. The minimum Gasteiger partial charge on any atom is -0.463 e. The first-order valence-corrected chi connectivity index (χ1v) is 7.76. The fraction of sp³-hybridized carbons (Fsp3) is 0.467. The fourth-order valence-corrected chi connectivity index (χ4v) is 2.68. The average Bonchev–Trinajstić information content (AvgIpc) is 2.55. The number of esters is 1. The van der Waals surface area contributed by atoms with Crippen LogP contribution in [0.1, 0.15) is 32.6 Å². The zero-order chi connectivity index (χ0) is 18.4. The zero-order valence-electron chi connectivity index (χ0n) is 13.6. The van der Waals surface area contributed by atoms with E-state index in [1.54, 1.807) is 6.21 Å². The molecule has 1 aliphatic carbocycles. The second kappa shape index (κ2) is 8.18. The predicted molar refractivity (Wildman–Crippen MR) is 89.4 cm³/mol. The van der Waals surface area contributed by atoms with E-state index in [-0.39, 0.29) is 29.4 Å². The molecule has 1 aromatic carbocycles. The Morgan fingerprint density at radius 1 is 1.24 bits per heavy atom. The molecule has 134 valence electrons. The summed E-state index contributed by atoms with van der Waals surface area (Å²) in [4.78, 5) is 31.3. The Kier molecular flexibility index (Phi) is 5.98. The lowest BCUT2D eigenvalue weighted by Gasteiger charge is -2.25. The van der Waals surface area contributed by atoms with Crippen LogP contribution >= 0.6 is 0 Å². The first-order chi connectivity index (χ1) is 11.9. The van der Waals surface area contributed by atoms with E-state index in [0.717, 1.165) is 31.7 Å². The molecule has 0 bridgehead atoms. The van der Waals surface area contributed by atoms with Crippen molar-refractivity contribution in [2.45, 2.75) is 38.7 Å². The molecule has 10 nitrogen and oxygen atoms in total. The van der Waals surface area contributed by atoms with E-state index in [9.17, 15) is 25.0 Å². The minimum absolute atomic E-state index is 0.0640. The molecular formula is C15H18N4O6. The van der Waals surface area contributed by atoms with E-state index in [1.807, 2.05) is 0 Å². The smallest absolute Gasteiger partial charge is 0.302 e. The highest BCUT2D eigenvalue weighted by Crippen LogP contribution is 2.29. The number of hydrogen-bond acceptors (Lipinski definition) is 8. The predicted octanol–water partition coefficient (Wildman–Crippen LogP) is 3.02. The van der Waals surface area contributed by atoms with E-state index in [0.29, 0.717) is 0 Å². The van der Waals surface area contributed by atoms with Crippen molar-refractivity contribution in [1.82, 2.24) is 0 Å². The highest BCUT2D eigenvalue weighted by molar-refractivity contribution is 5.68. The molecule has 2 rings (SSSR count). The fourth-order valence-electron chi connectivity index (χ4n) is 2.68. The number of carbonyl (C=O) groups excluding carboxylic acids is 1. The second-order valence-electron chi connectivity index (χ2n) is 5.75. The Bertz CT molecular complexity index is 697. The third-order valence-corrected chi connectivity index (χ3v) is 3.91. The van der Waals surface area contributed by atoms with Gasteiger partial charge in [-0.2, -0.15) is 5.10 Å². The summed E-state index contributed by atoms with van der Waals surface area (Å²) in [6, 6.07) is 3.32. The molecule has 1 saturated carbocycles. The van der Waals surface area contributed by atoms with E-state index < -0.39 is 15.5 Å². The Labute approximate surface area is 143 Å². The van der Waals surface area contributed by atoms with Gasteiger partial charge in [-0.05, 0) is 37.7 Å². The molecule has 0 radical (unpaired) electrons. The van der Waals surface area contributed by atoms with Crippen molar-refractivity contribution in [2.75, 3.05) is 5.43 Å². The third-order valence-electron chi connectivity index (χ3n) is 3.91. The number of rotatable bonds is 6. The van der Waals surface area contributed by atoms with Gasteiger partial charge in [0.2, 0.25) is 0 Å². The van der Waals surface area contributed by atoms with Crippen LogP contribution < -0.4 is 5.43 Å². The number of hydrazone groups is 1. The highest BCUT2D eigenvalue weighted by Gasteiger charge is 2.22. The summed E-state index contributed by atoms with van der Waals surface area (Å²) in [5, 5.41) is 25.7. The molecule has 0 amide bonds. The average molecular weight is 350 g/mol. The van der Waals surface area contributed by atoms with Gasteiger partial charge in [0.25, 0.3) is 5.69 Å². The Morgan fingerprint density at radius 3 is 2.48 bits per heavy atom. The van der Waals surface area contributed by atoms with Crippen molar-refractivity contribution in [3.8, 4) is 0 Å². The summed E-state index contributed by atoms with van der Waals surface area (Å²) < 4.78 is 5.16. The Morgan fingerprint density at radius 2 is 1.92 bits per heavy atom. The van der Waals surface area contributed by atoms with Crippen molar-refractivity contribution in [2.24, 2.45) is 11.0 Å². The normalized spacial score (nSPS) is 20.2. The molecular weight excluding hydrogens is 332 g/mol. The van der Waals surface area contributed by atoms with Gasteiger partial charge in [0.05, 0.1) is 15.9 Å². The van der Waals surface area contributed by atoms with Gasteiger partial charge in [-0.15, -0.1) is 0 Å². The lowest BCUT2D eigenvalue weighted by molar-refractivity contribution is -0.393. The molecule has 0 saturated heterocycles. The first-order valence-electron chi connectivity index (χ1n) is 7.76. The third kappa shape index (κ3) is 5.23. The molecule has 1 aromatic rings. The molecule has 0 heterocycles. The van der Waals surface area contributed by atoms with Crippen LogP contribution in [0.5, 0.6) is 0 Å². The van der Waals surface area contributed by atoms with Crippen molar-refractivity contribution >= 4 is 29.2 Å². The number of nitrogens with one attached hydrogen (secondary N) is 1. The van der Waals surface area contributed by atoms with Gasteiger partial charge in [0, 0.05) is 19.2 Å². The van der Waals surface area contributed by atoms with Crippen molar-refractivity contribution in [1.29, 1.82) is 0 Å². The van der Waals surface area contributed by atoms with Gasteiger partial charge in [-0.1, -0.05) is 0 Å². The van der Waals surface area contributed by atoms with Gasteiger partial charge < -0.3 is 4.74 Å². The van der Waals surface area contributed by atoms with E-state index in [1.165, 1.54) is 19.1 Å². The summed E-state index contributed by atoms with van der Waals surface area (Å²) in [6.07, 6.45) is 4.68. The van der Waals surface area contributed by atoms with Gasteiger partial charge in [0.15, 0.2) is 0 Å². The number of benzene rings is 1. The molecule has 0 unspecified atom stereocenters. The molecule has 1 fully saturated rings. The van der Waals surface area contributed by atoms with Crippen molar-refractivity contribution in [3.63, 3.8) is 0 Å². The minimum atomic E-state index is -0.699. The number of ether oxygens (including phenoxy) is 1. The second-order valence-corrected chi connectivity index (χ2v) is 5.75. The summed E-state index contributed by atoms with van der Waals surface area (Å²) in [7, 11) is 0. The van der Waals surface area contributed by atoms with E-state index >= 15 is 0 Å². The van der Waals surface area contributed by atoms with E-state index in [4.69, 9.17) is 4.74 Å². The number of anilines is 1. The number of nitro benzene ring substituents is 2. The molecule has 10 heteroatoms. The SMILES string of the molecule is CC(=O)OC1CCC(/C=N/Nc2ccc([N+](=O)[O-])cc2[N+](=O)[O-])CC1. The molecule has 1 N–H and O–H groups in total. The monoisotopic (exact) mass is 350 g/mol. The van der Waals surface area contributed by atoms with Crippen LogP contribution in [0.4, 0.5) is 17.1 Å². The molecule has 1 aliphatic rings. The van der Waals surface area contributed by atoms with Gasteiger partial charge >= 0.3 is 11.7 Å². The lowest BCUT2D eigenvalue weighted by atomic mass is 9.88. The van der Waals surface area contributed by atoms with Gasteiger partial charge in [-0.3, -0.25) is 30.4 Å². The van der Waals surface area contributed by atoms with Crippen LogP contribution in [0, 0.1) is 26.1 Å². The summed E-state index contributed by atoms with van der Waals surface area (Å²) in [5.41, 5.74) is 1.89. The van der Waals surface area contributed by atoms with Crippen LogP contribution in [0.3, 0.4) is 0 Å². The summed E-state index contributed by atoms with van der Waals surface area (Å²) in [6.45, 7) is 1.38.